The van der Waals surface area contributed by atoms with E-state index >= 15 is 0 Å². The van der Waals surface area contributed by atoms with Crippen molar-refractivity contribution in [2.45, 2.75) is 0 Å². The van der Waals surface area contributed by atoms with Crippen LogP contribution in [0.5, 0.6) is 0 Å². The molecule has 0 fully saturated rings. The van der Waals surface area contributed by atoms with Crippen LogP contribution in [-0.4, -0.2) is 5.11 Å². The minimum Gasteiger partial charge on any atom is -0.429 e. The first-order chi connectivity index (χ1) is 3.93. The molecule has 1 aromatic carbocycles. The van der Waals surface area contributed by atoms with Crippen molar-refractivity contribution in [2.24, 2.45) is 0 Å². The van der Waals surface area contributed by atoms with Crippen LogP contribution in [-0.2, 0) is 0 Å². The summed E-state index contributed by atoms with van der Waals surface area (Å²) in [5, 5.41) is 8.41. The Kier molecular flexibility index (Phi) is 1.55. The molecule has 8 heavy (non-hydrogen) atoms. The van der Waals surface area contributed by atoms with E-state index in [0.29, 0.717) is 0 Å². The van der Waals surface area contributed by atoms with Crippen LogP contribution in [0.2, 0.25) is 0 Å². The molecule has 0 amide bonds. The molecule has 0 spiro atoms. The van der Waals surface area contributed by atoms with Gasteiger partial charge >= 0.3 is 0 Å². The summed E-state index contributed by atoms with van der Waals surface area (Å²) >= 11 is 0. The van der Waals surface area contributed by atoms with Crippen LogP contribution in [0, 0.1) is 6.61 Å². The highest BCUT2D eigenvalue weighted by molar-refractivity contribution is 5.18. The monoisotopic (exact) mass is 107 g/mol. The number of hydrogen-bond acceptors (Lipinski definition) is 1. The molecule has 0 bridgehead atoms. The van der Waals surface area contributed by atoms with E-state index in [1.54, 1.807) is 0 Å². The van der Waals surface area contributed by atoms with Gasteiger partial charge < -0.3 is 5.11 Å². The van der Waals surface area contributed by atoms with Gasteiger partial charge in [0.25, 0.3) is 0 Å². The van der Waals surface area contributed by atoms with Crippen molar-refractivity contribution in [3.05, 3.63) is 42.5 Å². The summed E-state index contributed by atoms with van der Waals surface area (Å²) in [5.41, 5.74) is 0.840. The molecule has 0 aliphatic heterocycles. The Bertz CT molecular complexity index is 146. The molecule has 0 aliphatic rings. The summed E-state index contributed by atoms with van der Waals surface area (Å²) in [7, 11) is 0. The standard InChI is InChI=1S/C7H7O/c8-6-7-4-2-1-3-5-7/h1-6,8H/q-1. The first kappa shape index (κ1) is 5.19. The zero-order valence-corrected chi connectivity index (χ0v) is 4.41. The van der Waals surface area contributed by atoms with Crippen LogP contribution in [0.4, 0.5) is 0 Å². The van der Waals surface area contributed by atoms with Crippen molar-refractivity contribution >= 4 is 0 Å². The maximum absolute atomic E-state index is 8.41. The van der Waals surface area contributed by atoms with Gasteiger partial charge in [0.2, 0.25) is 0 Å². The average Bonchev–Trinajstić information content (AvgIpc) is 1.90. The highest BCUT2D eigenvalue weighted by atomic mass is 16.3. The van der Waals surface area contributed by atoms with E-state index in [1.165, 1.54) is 0 Å². The van der Waals surface area contributed by atoms with Gasteiger partial charge in [-0.15, -0.1) is 12.1 Å². The SMILES string of the molecule is O[CH-]c1ccccc1. The molecule has 1 N–H and O–H groups in total. The molecule has 0 radical (unpaired) electrons. The third-order valence-corrected chi connectivity index (χ3v) is 0.949. The molecule has 42 valence electrons. The van der Waals surface area contributed by atoms with Gasteiger partial charge in [-0.1, -0.05) is 12.7 Å². The maximum atomic E-state index is 8.41. The Morgan fingerprint density at radius 2 is 1.75 bits per heavy atom. The zero-order valence-electron chi connectivity index (χ0n) is 4.41. The number of aliphatic hydroxyl groups excluding tert-OH is 1. The van der Waals surface area contributed by atoms with Gasteiger partial charge in [0.1, 0.15) is 0 Å². The van der Waals surface area contributed by atoms with Crippen molar-refractivity contribution in [1.29, 1.82) is 0 Å². The fourth-order valence-electron chi connectivity index (χ4n) is 0.539. The molecule has 0 aromatic heterocycles. The first-order valence-electron chi connectivity index (χ1n) is 2.46. The van der Waals surface area contributed by atoms with E-state index < -0.39 is 0 Å². The Morgan fingerprint density at radius 3 is 2.12 bits per heavy atom. The topological polar surface area (TPSA) is 20.2 Å². The lowest BCUT2D eigenvalue weighted by Gasteiger charge is -1.99. The maximum Gasteiger partial charge on any atom is -0.0677 e. The molecule has 0 saturated heterocycles. The smallest absolute Gasteiger partial charge is 0.0677 e. The van der Waals surface area contributed by atoms with Gasteiger partial charge in [-0.3, -0.25) is 0 Å². The normalized spacial score (nSPS) is 8.62. The lowest BCUT2D eigenvalue weighted by molar-refractivity contribution is 0.415. The summed E-state index contributed by atoms with van der Waals surface area (Å²) in [6, 6.07) is 9.33. The lowest BCUT2D eigenvalue weighted by Crippen LogP contribution is -1.74. The van der Waals surface area contributed by atoms with Gasteiger partial charge in [-0.2, -0.15) is 17.7 Å². The van der Waals surface area contributed by atoms with E-state index in [1.807, 2.05) is 30.3 Å². The van der Waals surface area contributed by atoms with Crippen molar-refractivity contribution < 1.29 is 5.11 Å². The predicted octanol–water partition coefficient (Wildman–Crippen LogP) is 1.57. The second kappa shape index (κ2) is 2.38. The Balaban J connectivity index is 2.83. The molecule has 1 aromatic rings. The molecule has 1 rings (SSSR count). The third-order valence-electron chi connectivity index (χ3n) is 0.949. The third kappa shape index (κ3) is 1.01. The lowest BCUT2D eigenvalue weighted by atomic mass is 10.2. The van der Waals surface area contributed by atoms with Crippen LogP contribution >= 0.6 is 0 Å². The van der Waals surface area contributed by atoms with Crippen LogP contribution < -0.4 is 0 Å². The van der Waals surface area contributed by atoms with Crippen molar-refractivity contribution in [3.63, 3.8) is 0 Å². The van der Waals surface area contributed by atoms with E-state index in [9.17, 15) is 0 Å². The average molecular weight is 107 g/mol. The molecule has 1 nitrogen and oxygen atoms in total. The molecule has 0 aliphatic carbocycles. The molecular formula is C7H7O-. The second-order valence-corrected chi connectivity index (χ2v) is 1.54. The Labute approximate surface area is 48.6 Å². The van der Waals surface area contributed by atoms with E-state index in [2.05, 4.69) is 0 Å². The van der Waals surface area contributed by atoms with E-state index in [-0.39, 0.29) is 0 Å². The summed E-state index contributed by atoms with van der Waals surface area (Å²) in [6.07, 6.45) is 0. The summed E-state index contributed by atoms with van der Waals surface area (Å²) in [6.45, 7) is 1.08. The van der Waals surface area contributed by atoms with Gasteiger partial charge in [0, 0.05) is 0 Å². The zero-order chi connectivity index (χ0) is 5.82. The fourth-order valence-corrected chi connectivity index (χ4v) is 0.539. The van der Waals surface area contributed by atoms with Gasteiger partial charge in [0.15, 0.2) is 0 Å². The Hall–Kier alpha value is -0.950. The van der Waals surface area contributed by atoms with Crippen molar-refractivity contribution in [3.8, 4) is 0 Å². The highest BCUT2D eigenvalue weighted by Crippen LogP contribution is 1.97. The van der Waals surface area contributed by atoms with Crippen LogP contribution in [0.15, 0.2) is 30.3 Å². The van der Waals surface area contributed by atoms with Crippen LogP contribution in [0.3, 0.4) is 0 Å². The summed E-state index contributed by atoms with van der Waals surface area (Å²) in [4.78, 5) is 0. The largest absolute Gasteiger partial charge is 0.429 e. The van der Waals surface area contributed by atoms with E-state index in [0.717, 1.165) is 12.2 Å². The van der Waals surface area contributed by atoms with Gasteiger partial charge in [0.05, 0.1) is 0 Å². The van der Waals surface area contributed by atoms with E-state index in [4.69, 9.17) is 5.11 Å². The number of rotatable bonds is 1. The van der Waals surface area contributed by atoms with Crippen molar-refractivity contribution in [2.75, 3.05) is 0 Å². The second-order valence-electron chi connectivity index (χ2n) is 1.54. The molecule has 0 unspecified atom stereocenters. The number of aliphatic hydroxyl groups is 1. The summed E-state index contributed by atoms with van der Waals surface area (Å²) in [5.74, 6) is 0. The first-order valence-corrected chi connectivity index (χ1v) is 2.46. The Morgan fingerprint density at radius 1 is 1.12 bits per heavy atom. The van der Waals surface area contributed by atoms with Crippen LogP contribution in [0.25, 0.3) is 0 Å². The number of benzene rings is 1. The molecular weight excluding hydrogens is 100 g/mol. The summed E-state index contributed by atoms with van der Waals surface area (Å²) < 4.78 is 0. The highest BCUT2D eigenvalue weighted by Gasteiger charge is 1.70. The molecule has 0 heterocycles. The van der Waals surface area contributed by atoms with Gasteiger partial charge in [-0.25, -0.2) is 0 Å². The van der Waals surface area contributed by atoms with Crippen LogP contribution in [0.1, 0.15) is 5.56 Å². The minimum absolute atomic E-state index is 0.840. The quantitative estimate of drug-likeness (QED) is 0.540. The van der Waals surface area contributed by atoms with Crippen molar-refractivity contribution in [1.82, 2.24) is 0 Å². The van der Waals surface area contributed by atoms with Gasteiger partial charge in [-0.05, 0) is 0 Å². The number of hydrogen-bond donors (Lipinski definition) is 1. The molecule has 0 atom stereocenters. The minimum atomic E-state index is 0.840. The molecule has 0 saturated carbocycles. The predicted molar refractivity (Wildman–Crippen MR) is 31.8 cm³/mol. The molecule has 1 heteroatoms. The fraction of sp³-hybridized carbons (Fsp3) is 0.